The van der Waals surface area contributed by atoms with Crippen LogP contribution in [0, 0.1) is 5.82 Å². The third-order valence-corrected chi connectivity index (χ3v) is 3.11. The van der Waals surface area contributed by atoms with Gasteiger partial charge in [0.1, 0.15) is 5.82 Å². The van der Waals surface area contributed by atoms with Crippen molar-refractivity contribution >= 4 is 17.7 Å². The van der Waals surface area contributed by atoms with Gasteiger partial charge in [0, 0.05) is 4.90 Å². The number of methoxy groups -OCH3 is 1. The first-order valence-corrected chi connectivity index (χ1v) is 5.71. The number of hydrogen-bond donors (Lipinski definition) is 1. The van der Waals surface area contributed by atoms with Crippen molar-refractivity contribution in [2.45, 2.75) is 17.9 Å². The lowest BCUT2D eigenvalue weighted by atomic mass is 10.1. The summed E-state index contributed by atoms with van der Waals surface area (Å²) in [7, 11) is 1.28. The summed E-state index contributed by atoms with van der Waals surface area (Å²) in [6.07, 6.45) is -0.768. The quantitative estimate of drug-likeness (QED) is 0.651. The lowest BCUT2D eigenvalue weighted by molar-refractivity contribution is -0.137. The Morgan fingerprint density at radius 3 is 2.88 bits per heavy atom. The van der Waals surface area contributed by atoms with Crippen LogP contribution in [0.3, 0.4) is 0 Å². The predicted octanol–water partition coefficient (Wildman–Crippen LogP) is 2.14. The van der Waals surface area contributed by atoms with Crippen LogP contribution in [0.15, 0.2) is 23.1 Å². The van der Waals surface area contributed by atoms with Crippen LogP contribution >= 0.6 is 11.8 Å². The lowest BCUT2D eigenvalue weighted by Gasteiger charge is -2.11. The molecule has 1 atom stereocenters. The van der Waals surface area contributed by atoms with Gasteiger partial charge in [-0.3, -0.25) is 4.79 Å². The fourth-order valence-electron chi connectivity index (χ4n) is 1.20. The molecule has 0 aliphatic carbocycles. The molecule has 0 aliphatic rings. The molecule has 5 heteroatoms. The van der Waals surface area contributed by atoms with E-state index in [0.29, 0.717) is 10.5 Å². The fourth-order valence-corrected chi connectivity index (χ4v) is 2.19. The van der Waals surface area contributed by atoms with Crippen LogP contribution < -0.4 is 0 Å². The van der Waals surface area contributed by atoms with E-state index in [1.54, 1.807) is 13.0 Å². The molecule has 0 amide bonds. The number of hydrogen-bond acceptors (Lipinski definition) is 4. The number of halogens is 1. The Labute approximate surface area is 97.6 Å². The number of carbonyl (C=O) groups is 1. The van der Waals surface area contributed by atoms with Crippen LogP contribution in [0.5, 0.6) is 0 Å². The second-order valence-electron chi connectivity index (χ2n) is 3.20. The first-order chi connectivity index (χ1) is 7.56. The Bertz CT molecular complexity index is 379. The number of thioether (sulfide) groups is 1. The second-order valence-corrected chi connectivity index (χ2v) is 4.18. The van der Waals surface area contributed by atoms with Gasteiger partial charge in [0.05, 0.1) is 19.0 Å². The molecule has 0 bridgehead atoms. The van der Waals surface area contributed by atoms with E-state index in [9.17, 15) is 14.3 Å². The average molecular weight is 244 g/mol. The van der Waals surface area contributed by atoms with Crippen molar-refractivity contribution < 1.29 is 19.0 Å². The zero-order valence-corrected chi connectivity index (χ0v) is 9.88. The van der Waals surface area contributed by atoms with E-state index < -0.39 is 17.9 Å². The molecule has 0 saturated heterocycles. The first-order valence-electron chi connectivity index (χ1n) is 4.72. The molecule has 0 heterocycles. The molecular weight excluding hydrogens is 231 g/mol. The molecule has 0 aromatic heterocycles. The SMILES string of the molecule is COC(=O)CSc1c(F)cccc1C(C)O. The third-order valence-electron chi connectivity index (χ3n) is 2.01. The Hall–Kier alpha value is -1.07. The number of aliphatic hydroxyl groups excluding tert-OH is 1. The Morgan fingerprint density at radius 2 is 2.31 bits per heavy atom. The van der Waals surface area contributed by atoms with Gasteiger partial charge in [-0.05, 0) is 18.6 Å². The molecule has 0 radical (unpaired) electrons. The highest BCUT2D eigenvalue weighted by atomic mass is 32.2. The topological polar surface area (TPSA) is 46.5 Å². The molecule has 0 aliphatic heterocycles. The van der Waals surface area contributed by atoms with Gasteiger partial charge in [-0.25, -0.2) is 4.39 Å². The van der Waals surface area contributed by atoms with Crippen molar-refractivity contribution in [3.8, 4) is 0 Å². The smallest absolute Gasteiger partial charge is 0.315 e. The van der Waals surface area contributed by atoms with E-state index in [-0.39, 0.29) is 5.75 Å². The standard InChI is InChI=1S/C11H13FO3S/c1-7(13)8-4-3-5-9(12)11(8)16-6-10(14)15-2/h3-5,7,13H,6H2,1-2H3. The summed E-state index contributed by atoms with van der Waals surface area (Å²) in [5.74, 6) is -0.839. The molecule has 0 spiro atoms. The zero-order chi connectivity index (χ0) is 12.1. The van der Waals surface area contributed by atoms with E-state index in [1.807, 2.05) is 0 Å². The van der Waals surface area contributed by atoms with E-state index >= 15 is 0 Å². The number of benzene rings is 1. The Morgan fingerprint density at radius 1 is 1.62 bits per heavy atom. The molecule has 3 nitrogen and oxygen atoms in total. The first kappa shape index (κ1) is 13.0. The molecule has 1 unspecified atom stereocenters. The molecule has 0 fully saturated rings. The summed E-state index contributed by atoms with van der Waals surface area (Å²) in [6.45, 7) is 1.55. The highest BCUT2D eigenvalue weighted by Crippen LogP contribution is 2.30. The predicted molar refractivity (Wildman–Crippen MR) is 59.8 cm³/mol. The molecule has 1 rings (SSSR count). The zero-order valence-electron chi connectivity index (χ0n) is 9.07. The summed E-state index contributed by atoms with van der Waals surface area (Å²) in [6, 6.07) is 4.46. The van der Waals surface area contributed by atoms with Crippen molar-refractivity contribution in [3.05, 3.63) is 29.6 Å². The summed E-state index contributed by atoms with van der Waals surface area (Å²) in [4.78, 5) is 11.2. The van der Waals surface area contributed by atoms with Crippen LogP contribution in [0.4, 0.5) is 4.39 Å². The minimum Gasteiger partial charge on any atom is -0.468 e. The molecule has 0 saturated carbocycles. The molecule has 1 N–H and O–H groups in total. The normalized spacial score (nSPS) is 12.2. The average Bonchev–Trinajstić information content (AvgIpc) is 2.26. The van der Waals surface area contributed by atoms with Crippen LogP contribution in [0.25, 0.3) is 0 Å². The summed E-state index contributed by atoms with van der Waals surface area (Å²) in [5.41, 5.74) is 0.480. The lowest BCUT2D eigenvalue weighted by Crippen LogP contribution is -2.05. The summed E-state index contributed by atoms with van der Waals surface area (Å²) >= 11 is 1.03. The van der Waals surface area contributed by atoms with E-state index in [0.717, 1.165) is 11.8 Å². The van der Waals surface area contributed by atoms with Crippen LogP contribution in [0.1, 0.15) is 18.6 Å². The van der Waals surface area contributed by atoms with E-state index in [2.05, 4.69) is 4.74 Å². The van der Waals surface area contributed by atoms with Gasteiger partial charge < -0.3 is 9.84 Å². The molecule has 88 valence electrons. The van der Waals surface area contributed by atoms with Crippen molar-refractivity contribution in [2.24, 2.45) is 0 Å². The largest absolute Gasteiger partial charge is 0.468 e. The second kappa shape index (κ2) is 5.86. The van der Waals surface area contributed by atoms with Gasteiger partial charge in [-0.2, -0.15) is 0 Å². The third kappa shape index (κ3) is 3.21. The molecular formula is C11H13FO3S. The van der Waals surface area contributed by atoms with Crippen molar-refractivity contribution in [1.82, 2.24) is 0 Å². The van der Waals surface area contributed by atoms with E-state index in [1.165, 1.54) is 19.2 Å². The Balaban J connectivity index is 2.88. The maximum atomic E-state index is 13.5. The molecule has 1 aromatic rings. The minimum absolute atomic E-state index is 0.0250. The van der Waals surface area contributed by atoms with Crippen LogP contribution in [-0.2, 0) is 9.53 Å². The fraction of sp³-hybridized carbons (Fsp3) is 0.364. The van der Waals surface area contributed by atoms with Gasteiger partial charge in [-0.1, -0.05) is 12.1 Å². The number of aliphatic hydroxyl groups is 1. The number of rotatable bonds is 4. The summed E-state index contributed by atoms with van der Waals surface area (Å²) < 4.78 is 17.9. The number of carbonyl (C=O) groups excluding carboxylic acids is 1. The van der Waals surface area contributed by atoms with Crippen LogP contribution in [0.2, 0.25) is 0 Å². The van der Waals surface area contributed by atoms with Gasteiger partial charge in [0.25, 0.3) is 0 Å². The summed E-state index contributed by atoms with van der Waals surface area (Å²) in [5, 5.41) is 9.46. The van der Waals surface area contributed by atoms with Gasteiger partial charge in [0.15, 0.2) is 0 Å². The maximum absolute atomic E-state index is 13.5. The van der Waals surface area contributed by atoms with E-state index in [4.69, 9.17) is 0 Å². The van der Waals surface area contributed by atoms with Crippen molar-refractivity contribution in [2.75, 3.05) is 12.9 Å². The Kier molecular flexibility index (Phi) is 4.76. The minimum atomic E-state index is -0.768. The highest BCUT2D eigenvalue weighted by Gasteiger charge is 2.14. The van der Waals surface area contributed by atoms with Gasteiger partial charge >= 0.3 is 5.97 Å². The van der Waals surface area contributed by atoms with Crippen LogP contribution in [-0.4, -0.2) is 23.9 Å². The number of esters is 1. The monoisotopic (exact) mass is 244 g/mol. The van der Waals surface area contributed by atoms with Crippen molar-refractivity contribution in [3.63, 3.8) is 0 Å². The van der Waals surface area contributed by atoms with Gasteiger partial charge in [0.2, 0.25) is 0 Å². The number of ether oxygens (including phenoxy) is 1. The highest BCUT2D eigenvalue weighted by molar-refractivity contribution is 8.00. The maximum Gasteiger partial charge on any atom is 0.315 e. The van der Waals surface area contributed by atoms with Gasteiger partial charge in [-0.15, -0.1) is 11.8 Å². The molecule has 1 aromatic carbocycles. The van der Waals surface area contributed by atoms with Crippen molar-refractivity contribution in [1.29, 1.82) is 0 Å². The molecule has 16 heavy (non-hydrogen) atoms.